The van der Waals surface area contributed by atoms with Crippen LogP contribution in [0.5, 0.6) is 0 Å². The summed E-state index contributed by atoms with van der Waals surface area (Å²) in [5.41, 5.74) is 4.32. The van der Waals surface area contributed by atoms with E-state index in [2.05, 4.69) is 37.6 Å². The van der Waals surface area contributed by atoms with Crippen molar-refractivity contribution in [3.8, 4) is 11.3 Å². The van der Waals surface area contributed by atoms with E-state index in [1.807, 2.05) is 30.5 Å². The molecule has 1 aromatic carbocycles. The Morgan fingerprint density at radius 3 is 2.75 bits per heavy atom. The van der Waals surface area contributed by atoms with Gasteiger partial charge in [0.25, 0.3) is 0 Å². The topological polar surface area (TPSA) is 66.5 Å². The van der Waals surface area contributed by atoms with Gasteiger partial charge in [-0.1, -0.05) is 30.3 Å². The summed E-state index contributed by atoms with van der Waals surface area (Å²) in [5, 5.41) is 10.6. The lowest BCUT2D eigenvalue weighted by atomic mass is 10.1. The molecule has 0 amide bonds. The summed E-state index contributed by atoms with van der Waals surface area (Å²) in [6, 6.07) is 12.1. The monoisotopic (exact) mass is 265 g/mol. The minimum atomic E-state index is 0.710. The number of aromatic nitrogens is 4. The standard InChI is InChI=1S/C15H15N5/c1-2-4-12(5-3-1)15-13(9-19-20-15)8-17-10-14-6-7-16-11-18-14/h1-7,9,11,17H,8,10H2,(H,19,20). The Kier molecular flexibility index (Phi) is 3.80. The molecule has 2 aromatic heterocycles. The molecule has 100 valence electrons. The first-order valence-corrected chi connectivity index (χ1v) is 6.47. The molecule has 3 aromatic rings. The third-order valence-electron chi connectivity index (χ3n) is 3.05. The number of benzene rings is 1. The lowest BCUT2D eigenvalue weighted by Crippen LogP contribution is -2.13. The summed E-state index contributed by atoms with van der Waals surface area (Å²) in [6.07, 6.45) is 5.16. The van der Waals surface area contributed by atoms with Crippen LogP contribution >= 0.6 is 0 Å². The third kappa shape index (κ3) is 2.89. The highest BCUT2D eigenvalue weighted by atomic mass is 15.1. The van der Waals surface area contributed by atoms with Crippen LogP contribution in [0, 0.1) is 0 Å². The predicted octanol–water partition coefficient (Wildman–Crippen LogP) is 2.16. The van der Waals surface area contributed by atoms with Crippen LogP contribution < -0.4 is 5.32 Å². The van der Waals surface area contributed by atoms with Crippen LogP contribution in [0.3, 0.4) is 0 Å². The fraction of sp³-hybridized carbons (Fsp3) is 0.133. The van der Waals surface area contributed by atoms with Crippen molar-refractivity contribution in [2.45, 2.75) is 13.1 Å². The highest BCUT2D eigenvalue weighted by molar-refractivity contribution is 5.62. The molecule has 0 aliphatic carbocycles. The molecule has 0 spiro atoms. The van der Waals surface area contributed by atoms with Gasteiger partial charge in [-0.05, 0) is 11.6 Å². The number of aromatic amines is 1. The molecule has 20 heavy (non-hydrogen) atoms. The Morgan fingerprint density at radius 2 is 1.95 bits per heavy atom. The molecular weight excluding hydrogens is 250 g/mol. The van der Waals surface area contributed by atoms with Gasteiger partial charge in [-0.15, -0.1) is 0 Å². The molecule has 5 heteroatoms. The SMILES string of the molecule is c1ccc(-c2[nH]ncc2CNCc2ccncn2)cc1. The second-order valence-corrected chi connectivity index (χ2v) is 4.44. The lowest BCUT2D eigenvalue weighted by molar-refractivity contribution is 0.679. The van der Waals surface area contributed by atoms with Crippen LogP contribution in [0.1, 0.15) is 11.3 Å². The summed E-state index contributed by atoms with van der Waals surface area (Å²) in [4.78, 5) is 8.08. The van der Waals surface area contributed by atoms with Gasteiger partial charge in [0.05, 0.1) is 17.6 Å². The third-order valence-corrected chi connectivity index (χ3v) is 3.05. The van der Waals surface area contributed by atoms with Crippen LogP contribution in [0.4, 0.5) is 0 Å². The van der Waals surface area contributed by atoms with E-state index >= 15 is 0 Å². The molecule has 0 unspecified atom stereocenters. The van der Waals surface area contributed by atoms with Crippen LogP contribution in [0.15, 0.2) is 55.1 Å². The average molecular weight is 265 g/mol. The summed E-state index contributed by atoms with van der Waals surface area (Å²) < 4.78 is 0. The van der Waals surface area contributed by atoms with E-state index in [0.717, 1.165) is 29.1 Å². The Hall–Kier alpha value is -2.53. The fourth-order valence-electron chi connectivity index (χ4n) is 2.05. The van der Waals surface area contributed by atoms with Gasteiger partial charge in [-0.3, -0.25) is 5.10 Å². The van der Waals surface area contributed by atoms with Crippen molar-refractivity contribution in [2.75, 3.05) is 0 Å². The van der Waals surface area contributed by atoms with E-state index < -0.39 is 0 Å². The Morgan fingerprint density at radius 1 is 1.05 bits per heavy atom. The van der Waals surface area contributed by atoms with Crippen LogP contribution in [0.2, 0.25) is 0 Å². The zero-order valence-corrected chi connectivity index (χ0v) is 11.0. The second-order valence-electron chi connectivity index (χ2n) is 4.44. The number of H-pyrrole nitrogens is 1. The Balaban J connectivity index is 1.66. The lowest BCUT2D eigenvalue weighted by Gasteiger charge is -2.05. The van der Waals surface area contributed by atoms with E-state index in [1.165, 1.54) is 0 Å². The summed E-state index contributed by atoms with van der Waals surface area (Å²) in [5.74, 6) is 0. The maximum atomic E-state index is 4.18. The van der Waals surface area contributed by atoms with Crippen LogP contribution in [0.25, 0.3) is 11.3 Å². The summed E-state index contributed by atoms with van der Waals surface area (Å²) >= 11 is 0. The van der Waals surface area contributed by atoms with Gasteiger partial charge in [-0.25, -0.2) is 9.97 Å². The molecule has 0 bridgehead atoms. The van der Waals surface area contributed by atoms with Crippen LogP contribution in [-0.2, 0) is 13.1 Å². The molecular formula is C15H15N5. The predicted molar refractivity (Wildman–Crippen MR) is 76.6 cm³/mol. The molecule has 0 radical (unpaired) electrons. The average Bonchev–Trinajstić information content (AvgIpc) is 2.98. The van der Waals surface area contributed by atoms with Gasteiger partial charge < -0.3 is 5.32 Å². The van der Waals surface area contributed by atoms with Gasteiger partial charge in [-0.2, -0.15) is 5.10 Å². The van der Waals surface area contributed by atoms with Gasteiger partial charge in [0.1, 0.15) is 6.33 Å². The van der Waals surface area contributed by atoms with Crippen molar-refractivity contribution in [2.24, 2.45) is 0 Å². The normalized spacial score (nSPS) is 10.6. The molecule has 2 N–H and O–H groups in total. The molecule has 0 aliphatic heterocycles. The molecule has 0 saturated heterocycles. The quantitative estimate of drug-likeness (QED) is 0.742. The maximum Gasteiger partial charge on any atom is 0.115 e. The zero-order chi connectivity index (χ0) is 13.6. The number of hydrogen-bond acceptors (Lipinski definition) is 4. The second kappa shape index (κ2) is 6.08. The first-order valence-electron chi connectivity index (χ1n) is 6.47. The van der Waals surface area contributed by atoms with E-state index in [4.69, 9.17) is 0 Å². The number of nitrogens with zero attached hydrogens (tertiary/aromatic N) is 3. The largest absolute Gasteiger partial charge is 0.307 e. The maximum absolute atomic E-state index is 4.18. The highest BCUT2D eigenvalue weighted by Gasteiger charge is 2.06. The molecule has 0 aliphatic rings. The summed E-state index contributed by atoms with van der Waals surface area (Å²) in [6.45, 7) is 1.45. The van der Waals surface area contributed by atoms with Crippen molar-refractivity contribution in [3.05, 3.63) is 66.4 Å². The minimum Gasteiger partial charge on any atom is -0.307 e. The van der Waals surface area contributed by atoms with Crippen molar-refractivity contribution < 1.29 is 0 Å². The van der Waals surface area contributed by atoms with E-state index in [0.29, 0.717) is 6.54 Å². The van der Waals surface area contributed by atoms with Crippen molar-refractivity contribution in [1.29, 1.82) is 0 Å². The molecule has 2 heterocycles. The van der Waals surface area contributed by atoms with Crippen molar-refractivity contribution >= 4 is 0 Å². The van der Waals surface area contributed by atoms with Crippen molar-refractivity contribution in [3.63, 3.8) is 0 Å². The van der Waals surface area contributed by atoms with Crippen LogP contribution in [-0.4, -0.2) is 20.2 Å². The highest BCUT2D eigenvalue weighted by Crippen LogP contribution is 2.20. The van der Waals surface area contributed by atoms with E-state index in [-0.39, 0.29) is 0 Å². The number of nitrogens with one attached hydrogen (secondary N) is 2. The van der Waals surface area contributed by atoms with E-state index in [1.54, 1.807) is 12.5 Å². The zero-order valence-electron chi connectivity index (χ0n) is 11.0. The van der Waals surface area contributed by atoms with Gasteiger partial charge in [0.2, 0.25) is 0 Å². The fourth-order valence-corrected chi connectivity index (χ4v) is 2.05. The molecule has 0 atom stereocenters. The number of hydrogen-bond donors (Lipinski definition) is 2. The van der Waals surface area contributed by atoms with Gasteiger partial charge in [0.15, 0.2) is 0 Å². The van der Waals surface area contributed by atoms with Crippen molar-refractivity contribution in [1.82, 2.24) is 25.5 Å². The first-order chi connectivity index (χ1) is 9.93. The summed E-state index contributed by atoms with van der Waals surface area (Å²) in [7, 11) is 0. The molecule has 3 rings (SSSR count). The van der Waals surface area contributed by atoms with E-state index in [9.17, 15) is 0 Å². The molecule has 0 fully saturated rings. The van der Waals surface area contributed by atoms with Gasteiger partial charge in [0, 0.05) is 24.8 Å². The van der Waals surface area contributed by atoms with Gasteiger partial charge >= 0.3 is 0 Å². The smallest absolute Gasteiger partial charge is 0.115 e. The Bertz CT molecular complexity index is 648. The molecule has 0 saturated carbocycles. The first kappa shape index (κ1) is 12.5. The Labute approximate surface area is 117 Å². The minimum absolute atomic E-state index is 0.710. The number of rotatable bonds is 5. The molecule has 5 nitrogen and oxygen atoms in total.